The summed E-state index contributed by atoms with van der Waals surface area (Å²) in [5, 5.41) is 10.8. The summed E-state index contributed by atoms with van der Waals surface area (Å²) in [7, 11) is 1.83. The van der Waals surface area contributed by atoms with Crippen LogP contribution in [-0.2, 0) is 6.42 Å². The lowest BCUT2D eigenvalue weighted by Gasteiger charge is -2.21. The fourth-order valence-corrected chi connectivity index (χ4v) is 3.46. The van der Waals surface area contributed by atoms with E-state index in [-0.39, 0.29) is 0 Å². The van der Waals surface area contributed by atoms with Gasteiger partial charge in [0.1, 0.15) is 5.76 Å². The van der Waals surface area contributed by atoms with E-state index in [0.29, 0.717) is 0 Å². The second-order valence-corrected chi connectivity index (χ2v) is 6.62. The first-order valence-electron chi connectivity index (χ1n) is 9.07. The predicted octanol–water partition coefficient (Wildman–Crippen LogP) is 3.36. The van der Waals surface area contributed by atoms with Crippen LogP contribution in [0.3, 0.4) is 0 Å². The summed E-state index contributed by atoms with van der Waals surface area (Å²) in [6, 6.07) is 0. The lowest BCUT2D eigenvalue weighted by molar-refractivity contribution is 0.332. The van der Waals surface area contributed by atoms with Gasteiger partial charge >= 0.3 is 0 Å². The van der Waals surface area contributed by atoms with Crippen LogP contribution in [0.2, 0.25) is 0 Å². The third-order valence-electron chi connectivity index (χ3n) is 4.88. The van der Waals surface area contributed by atoms with Crippen molar-refractivity contribution in [1.82, 2.24) is 15.8 Å². The van der Waals surface area contributed by atoms with Gasteiger partial charge in [-0.25, -0.2) is 0 Å². The van der Waals surface area contributed by atoms with E-state index in [9.17, 15) is 0 Å². The molecular formula is C18H32N4O. The molecule has 23 heavy (non-hydrogen) atoms. The summed E-state index contributed by atoms with van der Waals surface area (Å²) < 4.78 is 5.19. The van der Waals surface area contributed by atoms with Gasteiger partial charge in [-0.3, -0.25) is 4.99 Å². The van der Waals surface area contributed by atoms with Crippen LogP contribution in [-0.4, -0.2) is 31.3 Å². The van der Waals surface area contributed by atoms with Crippen molar-refractivity contribution in [2.24, 2.45) is 10.9 Å². The minimum Gasteiger partial charge on any atom is -0.361 e. The molecule has 130 valence electrons. The van der Waals surface area contributed by atoms with E-state index in [2.05, 4.69) is 20.8 Å². The van der Waals surface area contributed by atoms with Crippen LogP contribution in [0.1, 0.15) is 62.0 Å². The second-order valence-electron chi connectivity index (χ2n) is 6.62. The van der Waals surface area contributed by atoms with E-state index in [0.717, 1.165) is 42.8 Å². The number of nitrogens with one attached hydrogen (secondary N) is 2. The third-order valence-corrected chi connectivity index (χ3v) is 4.88. The lowest BCUT2D eigenvalue weighted by Crippen LogP contribution is -2.38. The Morgan fingerprint density at radius 3 is 2.57 bits per heavy atom. The van der Waals surface area contributed by atoms with Gasteiger partial charge in [-0.05, 0) is 39.0 Å². The number of guanidine groups is 1. The number of aryl methyl sites for hydroxylation is 2. The summed E-state index contributed by atoms with van der Waals surface area (Å²) in [5.74, 6) is 2.76. The zero-order chi connectivity index (χ0) is 16.5. The third kappa shape index (κ3) is 5.88. The van der Waals surface area contributed by atoms with E-state index in [1.54, 1.807) is 0 Å². The molecule has 0 saturated heterocycles. The summed E-state index contributed by atoms with van der Waals surface area (Å²) in [5.41, 5.74) is 2.19. The van der Waals surface area contributed by atoms with Crippen LogP contribution in [0.4, 0.5) is 0 Å². The molecule has 0 aliphatic heterocycles. The molecule has 1 aliphatic rings. The van der Waals surface area contributed by atoms with Gasteiger partial charge in [0.05, 0.1) is 5.69 Å². The number of hydrogen-bond acceptors (Lipinski definition) is 3. The lowest BCUT2D eigenvalue weighted by atomic mass is 9.86. The van der Waals surface area contributed by atoms with Gasteiger partial charge in [0, 0.05) is 25.7 Å². The molecule has 1 heterocycles. The van der Waals surface area contributed by atoms with Crippen molar-refractivity contribution in [1.29, 1.82) is 0 Å². The highest BCUT2D eigenvalue weighted by Crippen LogP contribution is 2.26. The van der Waals surface area contributed by atoms with Crippen molar-refractivity contribution in [3.63, 3.8) is 0 Å². The number of aliphatic imine (C=N–C) groups is 1. The van der Waals surface area contributed by atoms with Crippen LogP contribution < -0.4 is 10.6 Å². The first kappa shape index (κ1) is 17.8. The molecule has 1 fully saturated rings. The van der Waals surface area contributed by atoms with Crippen LogP contribution in [0.15, 0.2) is 9.52 Å². The molecule has 1 aromatic heterocycles. The molecule has 0 radical (unpaired) electrons. The number of rotatable bonds is 7. The average Bonchev–Trinajstić information content (AvgIpc) is 2.89. The summed E-state index contributed by atoms with van der Waals surface area (Å²) in [6.07, 6.45) is 10.7. The van der Waals surface area contributed by atoms with Crippen molar-refractivity contribution >= 4 is 5.96 Å². The summed E-state index contributed by atoms with van der Waals surface area (Å²) in [4.78, 5) is 4.29. The zero-order valence-electron chi connectivity index (χ0n) is 15.0. The molecule has 0 amide bonds. The Hall–Kier alpha value is -1.52. The summed E-state index contributed by atoms with van der Waals surface area (Å²) >= 11 is 0. The van der Waals surface area contributed by atoms with Gasteiger partial charge in [0.15, 0.2) is 5.96 Å². The molecule has 0 bridgehead atoms. The smallest absolute Gasteiger partial charge is 0.190 e. The minimum absolute atomic E-state index is 0.838. The van der Waals surface area contributed by atoms with Crippen molar-refractivity contribution in [2.75, 3.05) is 20.1 Å². The topological polar surface area (TPSA) is 62.5 Å². The number of nitrogens with zero attached hydrogens (tertiary/aromatic N) is 2. The van der Waals surface area contributed by atoms with E-state index in [4.69, 9.17) is 4.52 Å². The Labute approximate surface area is 140 Å². The molecule has 1 aliphatic carbocycles. The number of hydrogen-bond donors (Lipinski definition) is 2. The molecule has 5 heteroatoms. The van der Waals surface area contributed by atoms with Gasteiger partial charge in [0.25, 0.3) is 0 Å². The maximum atomic E-state index is 5.19. The van der Waals surface area contributed by atoms with Gasteiger partial charge in [-0.15, -0.1) is 0 Å². The predicted molar refractivity (Wildman–Crippen MR) is 94.9 cm³/mol. The quantitative estimate of drug-likeness (QED) is 0.459. The SMILES string of the molecule is CN=C(NCCCC1CCCCC1)NCCc1c(C)noc1C. The molecule has 2 rings (SSSR count). The number of aromatic nitrogens is 1. The molecule has 1 aromatic rings. The van der Waals surface area contributed by atoms with Crippen molar-refractivity contribution < 1.29 is 4.52 Å². The van der Waals surface area contributed by atoms with Crippen molar-refractivity contribution in [3.8, 4) is 0 Å². The first-order valence-corrected chi connectivity index (χ1v) is 9.07. The minimum atomic E-state index is 0.838. The van der Waals surface area contributed by atoms with E-state index >= 15 is 0 Å². The van der Waals surface area contributed by atoms with Crippen LogP contribution in [0.5, 0.6) is 0 Å². The van der Waals surface area contributed by atoms with Gasteiger partial charge < -0.3 is 15.2 Å². The molecule has 5 nitrogen and oxygen atoms in total. The summed E-state index contributed by atoms with van der Waals surface area (Å²) in [6.45, 7) is 5.80. The monoisotopic (exact) mass is 320 g/mol. The van der Waals surface area contributed by atoms with Crippen LogP contribution in [0.25, 0.3) is 0 Å². The maximum absolute atomic E-state index is 5.19. The fraction of sp³-hybridized carbons (Fsp3) is 0.778. The van der Waals surface area contributed by atoms with Gasteiger partial charge in [0.2, 0.25) is 0 Å². The standard InChI is InChI=1S/C18H32N4O/c1-14-17(15(2)23-22-14)11-13-21-18(19-3)20-12-7-10-16-8-5-4-6-9-16/h16H,4-13H2,1-3H3,(H2,19,20,21). The Morgan fingerprint density at radius 2 is 1.91 bits per heavy atom. The zero-order valence-corrected chi connectivity index (χ0v) is 15.0. The maximum Gasteiger partial charge on any atom is 0.190 e. The second kappa shape index (κ2) is 9.58. The average molecular weight is 320 g/mol. The fourth-order valence-electron chi connectivity index (χ4n) is 3.46. The molecule has 0 atom stereocenters. The van der Waals surface area contributed by atoms with E-state index in [1.165, 1.54) is 50.5 Å². The van der Waals surface area contributed by atoms with Gasteiger partial charge in [-0.1, -0.05) is 37.3 Å². The van der Waals surface area contributed by atoms with Crippen LogP contribution >= 0.6 is 0 Å². The van der Waals surface area contributed by atoms with Crippen LogP contribution in [0, 0.1) is 19.8 Å². The van der Waals surface area contributed by atoms with E-state index < -0.39 is 0 Å². The van der Waals surface area contributed by atoms with Crippen molar-refractivity contribution in [2.45, 2.75) is 65.2 Å². The Morgan fingerprint density at radius 1 is 1.17 bits per heavy atom. The van der Waals surface area contributed by atoms with Crippen molar-refractivity contribution in [3.05, 3.63) is 17.0 Å². The Balaban J connectivity index is 1.60. The molecule has 0 aromatic carbocycles. The highest BCUT2D eigenvalue weighted by Gasteiger charge is 2.12. The Bertz CT molecular complexity index is 470. The molecule has 0 unspecified atom stereocenters. The van der Waals surface area contributed by atoms with E-state index in [1.807, 2.05) is 20.9 Å². The highest BCUT2D eigenvalue weighted by atomic mass is 16.5. The highest BCUT2D eigenvalue weighted by molar-refractivity contribution is 5.79. The molecular weight excluding hydrogens is 288 g/mol. The normalized spacial score (nSPS) is 16.6. The molecule has 0 spiro atoms. The van der Waals surface area contributed by atoms with Gasteiger partial charge in [-0.2, -0.15) is 0 Å². The largest absolute Gasteiger partial charge is 0.361 e. The Kier molecular flexibility index (Phi) is 7.43. The first-order chi connectivity index (χ1) is 11.2. The molecule has 1 saturated carbocycles. The molecule has 2 N–H and O–H groups in total.